The first-order valence-electron chi connectivity index (χ1n) is 5.84. The molecule has 1 aliphatic carbocycles. The molecule has 0 bridgehead atoms. The van der Waals surface area contributed by atoms with Gasteiger partial charge in [0, 0.05) is 17.3 Å². The van der Waals surface area contributed by atoms with E-state index < -0.39 is 0 Å². The SMILES string of the molecule is COCC(CO)(Nc1cccc(Br)c1)C1CC1. The lowest BCUT2D eigenvalue weighted by molar-refractivity contribution is 0.0862. The number of aliphatic hydroxyl groups is 1. The molecule has 1 atom stereocenters. The molecule has 0 amide bonds. The minimum Gasteiger partial charge on any atom is -0.394 e. The number of anilines is 1. The largest absolute Gasteiger partial charge is 0.394 e. The standard InChI is InChI=1S/C13H18BrNO2/c1-17-9-13(8-16,10-5-6-10)15-12-4-2-3-11(14)7-12/h2-4,7,10,15-16H,5-6,8-9H2,1H3. The van der Waals surface area contributed by atoms with Crippen LogP contribution in [0.15, 0.2) is 28.7 Å². The Hall–Kier alpha value is -0.580. The minimum absolute atomic E-state index is 0.0953. The normalized spacial score (nSPS) is 18.8. The number of hydrogen-bond acceptors (Lipinski definition) is 3. The van der Waals surface area contributed by atoms with Gasteiger partial charge in [0.25, 0.3) is 0 Å². The van der Waals surface area contributed by atoms with Gasteiger partial charge in [0.2, 0.25) is 0 Å². The molecular weight excluding hydrogens is 282 g/mol. The molecule has 4 heteroatoms. The van der Waals surface area contributed by atoms with Crippen molar-refractivity contribution in [3.8, 4) is 0 Å². The molecule has 1 saturated carbocycles. The third-order valence-corrected chi connectivity index (χ3v) is 3.75. The van der Waals surface area contributed by atoms with Gasteiger partial charge in [-0.3, -0.25) is 0 Å². The monoisotopic (exact) mass is 299 g/mol. The maximum Gasteiger partial charge on any atom is 0.0865 e. The van der Waals surface area contributed by atoms with Crippen LogP contribution in [0.1, 0.15) is 12.8 Å². The van der Waals surface area contributed by atoms with E-state index in [1.807, 2.05) is 24.3 Å². The molecule has 17 heavy (non-hydrogen) atoms. The van der Waals surface area contributed by atoms with Crippen molar-refractivity contribution in [1.82, 2.24) is 0 Å². The second kappa shape index (κ2) is 5.38. The van der Waals surface area contributed by atoms with E-state index in [0.717, 1.165) is 23.0 Å². The van der Waals surface area contributed by atoms with Crippen LogP contribution in [-0.2, 0) is 4.74 Å². The van der Waals surface area contributed by atoms with Gasteiger partial charge in [-0.1, -0.05) is 22.0 Å². The number of rotatable bonds is 6. The molecule has 1 aliphatic rings. The summed E-state index contributed by atoms with van der Waals surface area (Å²) in [6, 6.07) is 7.99. The molecule has 94 valence electrons. The van der Waals surface area contributed by atoms with Gasteiger partial charge in [-0.05, 0) is 37.0 Å². The number of halogens is 1. The number of ether oxygens (including phenoxy) is 1. The first-order valence-corrected chi connectivity index (χ1v) is 6.63. The second-order valence-electron chi connectivity index (χ2n) is 4.66. The van der Waals surface area contributed by atoms with E-state index in [9.17, 15) is 5.11 Å². The van der Waals surface area contributed by atoms with Crippen molar-refractivity contribution in [1.29, 1.82) is 0 Å². The Labute approximate surface area is 110 Å². The predicted molar refractivity (Wildman–Crippen MR) is 72.2 cm³/mol. The van der Waals surface area contributed by atoms with E-state index in [0.29, 0.717) is 12.5 Å². The third kappa shape index (κ3) is 3.00. The van der Waals surface area contributed by atoms with Crippen molar-refractivity contribution in [2.75, 3.05) is 25.6 Å². The van der Waals surface area contributed by atoms with E-state index in [1.165, 1.54) is 0 Å². The molecule has 1 aromatic carbocycles. The zero-order valence-corrected chi connectivity index (χ0v) is 11.5. The highest BCUT2D eigenvalue weighted by molar-refractivity contribution is 9.10. The third-order valence-electron chi connectivity index (χ3n) is 3.26. The van der Waals surface area contributed by atoms with E-state index in [2.05, 4.69) is 21.2 Å². The van der Waals surface area contributed by atoms with Crippen molar-refractivity contribution in [2.45, 2.75) is 18.4 Å². The lowest BCUT2D eigenvalue weighted by Gasteiger charge is -2.33. The number of benzene rings is 1. The highest BCUT2D eigenvalue weighted by Gasteiger charge is 2.45. The highest BCUT2D eigenvalue weighted by atomic mass is 79.9. The van der Waals surface area contributed by atoms with Crippen LogP contribution in [0, 0.1) is 5.92 Å². The van der Waals surface area contributed by atoms with Crippen LogP contribution in [-0.4, -0.2) is 31.0 Å². The molecule has 1 unspecified atom stereocenters. The topological polar surface area (TPSA) is 41.5 Å². The van der Waals surface area contributed by atoms with Crippen LogP contribution in [0.3, 0.4) is 0 Å². The van der Waals surface area contributed by atoms with Gasteiger partial charge in [-0.2, -0.15) is 0 Å². The highest BCUT2D eigenvalue weighted by Crippen LogP contribution is 2.41. The molecule has 1 aromatic rings. The number of hydrogen-bond donors (Lipinski definition) is 2. The first-order chi connectivity index (χ1) is 8.20. The van der Waals surface area contributed by atoms with Crippen LogP contribution in [0.5, 0.6) is 0 Å². The van der Waals surface area contributed by atoms with Crippen LogP contribution in [0.4, 0.5) is 5.69 Å². The average Bonchev–Trinajstić information content (AvgIpc) is 3.12. The number of aliphatic hydroxyl groups excluding tert-OH is 1. The molecule has 0 spiro atoms. The molecule has 0 radical (unpaired) electrons. The molecule has 0 heterocycles. The van der Waals surface area contributed by atoms with Gasteiger partial charge < -0.3 is 15.2 Å². The van der Waals surface area contributed by atoms with Crippen LogP contribution in [0.25, 0.3) is 0 Å². The lowest BCUT2D eigenvalue weighted by atomic mass is 9.94. The smallest absolute Gasteiger partial charge is 0.0865 e. The molecule has 0 aliphatic heterocycles. The summed E-state index contributed by atoms with van der Waals surface area (Å²) >= 11 is 3.45. The molecular formula is C13H18BrNO2. The first kappa shape index (κ1) is 12.9. The zero-order chi connectivity index (χ0) is 12.3. The Morgan fingerprint density at radius 2 is 2.29 bits per heavy atom. The summed E-state index contributed by atoms with van der Waals surface area (Å²) in [4.78, 5) is 0. The van der Waals surface area contributed by atoms with Crippen molar-refractivity contribution in [3.63, 3.8) is 0 Å². The Kier molecular flexibility index (Phi) is 4.07. The summed E-state index contributed by atoms with van der Waals surface area (Å²) in [5.41, 5.74) is 0.674. The summed E-state index contributed by atoms with van der Waals surface area (Å²) in [6.07, 6.45) is 2.32. The van der Waals surface area contributed by atoms with Crippen molar-refractivity contribution in [3.05, 3.63) is 28.7 Å². The average molecular weight is 300 g/mol. The van der Waals surface area contributed by atoms with Crippen molar-refractivity contribution in [2.24, 2.45) is 5.92 Å². The molecule has 2 N–H and O–H groups in total. The fourth-order valence-electron chi connectivity index (χ4n) is 2.22. The quantitative estimate of drug-likeness (QED) is 0.848. The lowest BCUT2D eigenvalue weighted by Crippen LogP contribution is -2.48. The van der Waals surface area contributed by atoms with Gasteiger partial charge >= 0.3 is 0 Å². The van der Waals surface area contributed by atoms with E-state index >= 15 is 0 Å². The number of nitrogens with one attached hydrogen (secondary N) is 1. The Morgan fingerprint density at radius 1 is 1.53 bits per heavy atom. The van der Waals surface area contributed by atoms with E-state index in [-0.39, 0.29) is 12.1 Å². The molecule has 2 rings (SSSR count). The van der Waals surface area contributed by atoms with Gasteiger partial charge in [0.05, 0.1) is 18.8 Å². The van der Waals surface area contributed by atoms with Gasteiger partial charge in [-0.15, -0.1) is 0 Å². The maximum absolute atomic E-state index is 9.69. The molecule has 0 aromatic heterocycles. The fraction of sp³-hybridized carbons (Fsp3) is 0.538. The summed E-state index contributed by atoms with van der Waals surface area (Å²) in [6.45, 7) is 0.624. The Bertz CT molecular complexity index is 381. The van der Waals surface area contributed by atoms with Crippen LogP contribution >= 0.6 is 15.9 Å². The Morgan fingerprint density at radius 3 is 2.82 bits per heavy atom. The molecule has 0 saturated heterocycles. The molecule has 3 nitrogen and oxygen atoms in total. The van der Waals surface area contributed by atoms with Gasteiger partial charge in [0.1, 0.15) is 0 Å². The van der Waals surface area contributed by atoms with Gasteiger partial charge in [0.15, 0.2) is 0 Å². The van der Waals surface area contributed by atoms with E-state index in [1.54, 1.807) is 7.11 Å². The van der Waals surface area contributed by atoms with Crippen LogP contribution < -0.4 is 5.32 Å². The summed E-state index contributed by atoms with van der Waals surface area (Å²) in [7, 11) is 1.68. The molecule has 1 fully saturated rings. The zero-order valence-electron chi connectivity index (χ0n) is 9.95. The fourth-order valence-corrected chi connectivity index (χ4v) is 2.62. The summed E-state index contributed by atoms with van der Waals surface area (Å²) in [5.74, 6) is 0.506. The summed E-state index contributed by atoms with van der Waals surface area (Å²) in [5, 5.41) is 13.1. The Balaban J connectivity index is 2.16. The number of methoxy groups -OCH3 is 1. The van der Waals surface area contributed by atoms with Crippen molar-refractivity contribution < 1.29 is 9.84 Å². The van der Waals surface area contributed by atoms with Crippen LogP contribution in [0.2, 0.25) is 0 Å². The predicted octanol–water partition coefficient (Wildman–Crippen LogP) is 2.65. The van der Waals surface area contributed by atoms with E-state index in [4.69, 9.17) is 4.74 Å². The minimum atomic E-state index is -0.338. The second-order valence-corrected chi connectivity index (χ2v) is 5.57. The summed E-state index contributed by atoms with van der Waals surface area (Å²) < 4.78 is 6.30. The maximum atomic E-state index is 9.69. The van der Waals surface area contributed by atoms with Crippen molar-refractivity contribution >= 4 is 21.6 Å². The van der Waals surface area contributed by atoms with Gasteiger partial charge in [-0.25, -0.2) is 0 Å².